The average molecular weight is 367 g/mol. The molecule has 1 atom stereocenters. The molecule has 0 saturated carbocycles. The van der Waals surface area contributed by atoms with Crippen LogP contribution in [-0.2, 0) is 29.5 Å². The van der Waals surface area contributed by atoms with Crippen LogP contribution in [0.25, 0.3) is 0 Å². The first-order valence-electron chi connectivity index (χ1n) is 8.11. The van der Waals surface area contributed by atoms with Crippen molar-refractivity contribution in [3.63, 3.8) is 0 Å². The van der Waals surface area contributed by atoms with E-state index in [4.69, 9.17) is 0 Å². The number of halogens is 1. The molecule has 0 saturated heterocycles. The van der Waals surface area contributed by atoms with Gasteiger partial charge in [-0.25, -0.2) is 12.8 Å². The second-order valence-corrected chi connectivity index (χ2v) is 8.88. The third-order valence-electron chi connectivity index (χ3n) is 4.30. The standard InChI is InChI=1S/C17H22FN3O3S/c1-12-3-4-13(15(18)7-12)9-20-5-6-21-14(10-20)8-16(19-21)17(22)11-25(2,23)24/h3-4,7-8,17,22H,5-6,9-11H2,1-2H3/t17-/m0/s1. The van der Waals surface area contributed by atoms with Crippen LogP contribution in [0.1, 0.15) is 28.6 Å². The number of aliphatic hydroxyl groups excluding tert-OH is 1. The van der Waals surface area contributed by atoms with Gasteiger partial charge in [0.15, 0.2) is 0 Å². The van der Waals surface area contributed by atoms with E-state index in [1.807, 2.05) is 13.0 Å². The Morgan fingerprint density at radius 2 is 2.08 bits per heavy atom. The largest absolute Gasteiger partial charge is 0.386 e. The van der Waals surface area contributed by atoms with Gasteiger partial charge in [-0.1, -0.05) is 12.1 Å². The summed E-state index contributed by atoms with van der Waals surface area (Å²) < 4.78 is 38.5. The molecule has 0 spiro atoms. The average Bonchev–Trinajstić information content (AvgIpc) is 2.92. The maximum Gasteiger partial charge on any atom is 0.150 e. The van der Waals surface area contributed by atoms with Crippen LogP contribution in [0.3, 0.4) is 0 Å². The Balaban J connectivity index is 1.71. The molecule has 2 heterocycles. The van der Waals surface area contributed by atoms with Crippen molar-refractivity contribution in [3.05, 3.63) is 52.6 Å². The van der Waals surface area contributed by atoms with Gasteiger partial charge in [-0.05, 0) is 24.6 Å². The summed E-state index contributed by atoms with van der Waals surface area (Å²) in [6, 6.07) is 6.96. The molecule has 1 aromatic heterocycles. The predicted molar refractivity (Wildman–Crippen MR) is 92.1 cm³/mol. The summed E-state index contributed by atoms with van der Waals surface area (Å²) in [6.45, 7) is 4.26. The molecule has 1 N–H and O–H groups in total. The molecule has 1 aliphatic rings. The molecule has 1 aromatic carbocycles. The lowest BCUT2D eigenvalue weighted by molar-refractivity contribution is 0.190. The molecule has 25 heavy (non-hydrogen) atoms. The third kappa shape index (κ3) is 4.45. The molecule has 136 valence electrons. The summed E-state index contributed by atoms with van der Waals surface area (Å²) in [5.41, 5.74) is 2.79. The SMILES string of the molecule is Cc1ccc(CN2CCn3nc([C@@H](O)CS(C)(=O)=O)cc3C2)c(F)c1. The van der Waals surface area contributed by atoms with Crippen LogP contribution in [-0.4, -0.2) is 46.8 Å². The lowest BCUT2D eigenvalue weighted by atomic mass is 10.1. The van der Waals surface area contributed by atoms with Gasteiger partial charge in [0.2, 0.25) is 0 Å². The van der Waals surface area contributed by atoms with Gasteiger partial charge in [0.25, 0.3) is 0 Å². The van der Waals surface area contributed by atoms with Crippen LogP contribution >= 0.6 is 0 Å². The van der Waals surface area contributed by atoms with Gasteiger partial charge >= 0.3 is 0 Å². The Bertz CT molecular complexity index is 879. The summed E-state index contributed by atoms with van der Waals surface area (Å²) in [7, 11) is -3.28. The number of sulfone groups is 1. The first kappa shape index (κ1) is 18.0. The molecule has 0 bridgehead atoms. The van der Waals surface area contributed by atoms with Crippen LogP contribution < -0.4 is 0 Å². The molecule has 0 radical (unpaired) electrons. The highest BCUT2D eigenvalue weighted by molar-refractivity contribution is 7.90. The molecule has 0 fully saturated rings. The van der Waals surface area contributed by atoms with Gasteiger partial charge in [-0.15, -0.1) is 0 Å². The van der Waals surface area contributed by atoms with E-state index in [1.54, 1.807) is 16.8 Å². The van der Waals surface area contributed by atoms with Crippen molar-refractivity contribution in [2.75, 3.05) is 18.6 Å². The number of hydrogen-bond donors (Lipinski definition) is 1. The van der Waals surface area contributed by atoms with E-state index in [2.05, 4.69) is 10.00 Å². The lowest BCUT2D eigenvalue weighted by Gasteiger charge is -2.27. The number of fused-ring (bicyclic) bond motifs is 1. The van der Waals surface area contributed by atoms with Gasteiger partial charge in [0.05, 0.1) is 23.7 Å². The smallest absolute Gasteiger partial charge is 0.150 e. The van der Waals surface area contributed by atoms with Crippen LogP contribution in [0.15, 0.2) is 24.3 Å². The van der Waals surface area contributed by atoms with E-state index in [1.165, 1.54) is 6.07 Å². The van der Waals surface area contributed by atoms with E-state index < -0.39 is 15.9 Å². The Labute approximate surface area is 146 Å². The van der Waals surface area contributed by atoms with E-state index in [9.17, 15) is 17.9 Å². The van der Waals surface area contributed by atoms with Crippen LogP contribution in [0, 0.1) is 12.7 Å². The van der Waals surface area contributed by atoms with Crippen molar-refractivity contribution >= 4 is 9.84 Å². The predicted octanol–water partition coefficient (Wildman–Crippen LogP) is 1.42. The Morgan fingerprint density at radius 1 is 1.32 bits per heavy atom. The summed E-state index contributed by atoms with van der Waals surface area (Å²) in [5.74, 6) is -0.551. The quantitative estimate of drug-likeness (QED) is 0.865. The maximum absolute atomic E-state index is 14.0. The topological polar surface area (TPSA) is 75.4 Å². The molecule has 0 unspecified atom stereocenters. The van der Waals surface area contributed by atoms with Crippen molar-refractivity contribution in [2.24, 2.45) is 0 Å². The molecule has 0 amide bonds. The minimum Gasteiger partial charge on any atom is -0.386 e. The maximum atomic E-state index is 14.0. The number of aliphatic hydroxyl groups is 1. The van der Waals surface area contributed by atoms with E-state index in [0.29, 0.717) is 37.4 Å². The van der Waals surface area contributed by atoms with Gasteiger partial charge in [-0.2, -0.15) is 5.10 Å². The molecule has 1 aliphatic heterocycles. The molecular weight excluding hydrogens is 345 g/mol. The van der Waals surface area contributed by atoms with E-state index in [0.717, 1.165) is 17.5 Å². The highest BCUT2D eigenvalue weighted by Crippen LogP contribution is 2.21. The minimum absolute atomic E-state index is 0.205. The fourth-order valence-corrected chi connectivity index (χ4v) is 3.78. The van der Waals surface area contributed by atoms with Gasteiger partial charge in [-0.3, -0.25) is 9.58 Å². The Kier molecular flexibility index (Phi) is 4.95. The fraction of sp³-hybridized carbons (Fsp3) is 0.471. The van der Waals surface area contributed by atoms with Crippen molar-refractivity contribution in [1.29, 1.82) is 0 Å². The number of rotatable bonds is 5. The molecule has 8 heteroatoms. The molecule has 6 nitrogen and oxygen atoms in total. The number of nitrogens with zero attached hydrogens (tertiary/aromatic N) is 3. The summed E-state index contributed by atoms with van der Waals surface area (Å²) in [6.07, 6.45) is -0.0412. The summed E-state index contributed by atoms with van der Waals surface area (Å²) in [5, 5.41) is 14.4. The fourth-order valence-electron chi connectivity index (χ4n) is 3.03. The highest BCUT2D eigenvalue weighted by Gasteiger charge is 2.23. The molecule has 2 aromatic rings. The number of hydrogen-bond acceptors (Lipinski definition) is 5. The second-order valence-electron chi connectivity index (χ2n) is 6.70. The third-order valence-corrected chi connectivity index (χ3v) is 5.22. The monoisotopic (exact) mass is 367 g/mol. The van der Waals surface area contributed by atoms with Crippen molar-refractivity contribution in [2.45, 2.75) is 32.7 Å². The first-order chi connectivity index (χ1) is 11.7. The van der Waals surface area contributed by atoms with E-state index in [-0.39, 0.29) is 11.6 Å². The zero-order valence-electron chi connectivity index (χ0n) is 14.3. The molecule has 3 rings (SSSR count). The van der Waals surface area contributed by atoms with Gasteiger partial charge in [0, 0.05) is 31.5 Å². The minimum atomic E-state index is -3.28. The van der Waals surface area contributed by atoms with Crippen LogP contribution in [0.5, 0.6) is 0 Å². The first-order valence-corrected chi connectivity index (χ1v) is 10.2. The zero-order chi connectivity index (χ0) is 18.2. The van der Waals surface area contributed by atoms with Crippen molar-refractivity contribution in [3.8, 4) is 0 Å². The van der Waals surface area contributed by atoms with Crippen LogP contribution in [0.2, 0.25) is 0 Å². The highest BCUT2D eigenvalue weighted by atomic mass is 32.2. The lowest BCUT2D eigenvalue weighted by Crippen LogP contribution is -2.33. The summed E-state index contributed by atoms with van der Waals surface area (Å²) >= 11 is 0. The van der Waals surface area contributed by atoms with Crippen molar-refractivity contribution in [1.82, 2.24) is 14.7 Å². The Hall–Kier alpha value is -1.77. The van der Waals surface area contributed by atoms with Gasteiger partial charge in [0.1, 0.15) is 21.8 Å². The summed E-state index contributed by atoms with van der Waals surface area (Å²) in [4.78, 5) is 2.11. The number of aromatic nitrogens is 2. The number of aryl methyl sites for hydroxylation is 1. The molecular formula is C17H22FN3O3S. The Morgan fingerprint density at radius 3 is 2.76 bits per heavy atom. The van der Waals surface area contributed by atoms with E-state index >= 15 is 0 Å². The van der Waals surface area contributed by atoms with Crippen molar-refractivity contribution < 1.29 is 17.9 Å². The number of benzene rings is 1. The molecule has 0 aliphatic carbocycles. The second kappa shape index (κ2) is 6.86. The van der Waals surface area contributed by atoms with Crippen LogP contribution in [0.4, 0.5) is 4.39 Å². The zero-order valence-corrected chi connectivity index (χ0v) is 15.1. The normalized spacial score (nSPS) is 16.6. The van der Waals surface area contributed by atoms with Gasteiger partial charge < -0.3 is 5.11 Å².